The van der Waals surface area contributed by atoms with Gasteiger partial charge in [0.2, 0.25) is 0 Å². The van der Waals surface area contributed by atoms with Crippen molar-refractivity contribution in [2.24, 2.45) is 0 Å². The van der Waals surface area contributed by atoms with Gasteiger partial charge in [0.25, 0.3) is 0 Å². The molecule has 0 amide bonds. The van der Waals surface area contributed by atoms with Gasteiger partial charge in [-0.15, -0.1) is 0 Å². The fraction of sp³-hybridized carbons (Fsp3) is 0.0909. The van der Waals surface area contributed by atoms with Crippen molar-refractivity contribution in [2.75, 3.05) is 12.4 Å². The molecule has 17 heavy (non-hydrogen) atoms. The smallest absolute Gasteiger partial charge is 0.145 e. The molecule has 1 aromatic carbocycles. The molecule has 0 saturated heterocycles. The summed E-state index contributed by atoms with van der Waals surface area (Å²) < 4.78 is 5.73. The van der Waals surface area contributed by atoms with Crippen LogP contribution in [0, 0.1) is 22.7 Å². The third-order valence-corrected chi connectivity index (χ3v) is 2.98. The second-order valence-electron chi connectivity index (χ2n) is 2.86. The number of rotatable bonds is 3. The van der Waals surface area contributed by atoms with Crippen LogP contribution in [-0.2, 0) is 0 Å². The van der Waals surface area contributed by atoms with E-state index >= 15 is 0 Å². The Morgan fingerprint density at radius 3 is 2.65 bits per heavy atom. The zero-order chi connectivity index (χ0) is 12.8. The molecule has 0 aromatic heterocycles. The average Bonchev–Trinajstić information content (AvgIpc) is 2.34. The van der Waals surface area contributed by atoms with E-state index in [0.29, 0.717) is 20.9 Å². The fourth-order valence-electron chi connectivity index (χ4n) is 1.06. The number of benzene rings is 1. The molecule has 0 aliphatic heterocycles. The predicted molar refractivity (Wildman–Crippen MR) is 68.6 cm³/mol. The van der Waals surface area contributed by atoms with Crippen molar-refractivity contribution in [1.29, 1.82) is 10.5 Å². The van der Waals surface area contributed by atoms with Crippen molar-refractivity contribution in [1.82, 2.24) is 0 Å². The van der Waals surface area contributed by atoms with Gasteiger partial charge in [-0.25, -0.2) is 0 Å². The molecule has 0 fully saturated rings. The summed E-state index contributed by atoms with van der Waals surface area (Å²) in [5.74, 6) is 0.598. The molecule has 0 radical (unpaired) electrons. The first-order valence-electron chi connectivity index (χ1n) is 4.43. The van der Waals surface area contributed by atoms with Crippen molar-refractivity contribution < 1.29 is 4.74 Å². The van der Waals surface area contributed by atoms with Crippen LogP contribution in [0.2, 0.25) is 5.02 Å². The Balaban J connectivity index is 3.12. The first kappa shape index (κ1) is 13.4. The number of allylic oxidation sites excluding steroid dienone is 1. The predicted octanol–water partition coefficient (Wildman–Crippen LogP) is 3.45. The minimum atomic E-state index is -0.0456. The molecule has 1 N–H and O–H groups in total. The highest BCUT2D eigenvalue weighted by molar-refractivity contribution is 9.10. The highest BCUT2D eigenvalue weighted by Crippen LogP contribution is 2.37. The highest BCUT2D eigenvalue weighted by atomic mass is 79.9. The van der Waals surface area contributed by atoms with Crippen LogP contribution in [0.15, 0.2) is 28.4 Å². The topological polar surface area (TPSA) is 68.8 Å². The number of halogens is 2. The Bertz CT molecular complexity index is 527. The number of hydrogen-bond donors (Lipinski definition) is 1. The second kappa shape index (κ2) is 6.15. The van der Waals surface area contributed by atoms with Crippen LogP contribution in [0.25, 0.3) is 0 Å². The summed E-state index contributed by atoms with van der Waals surface area (Å²) >= 11 is 9.30. The zero-order valence-corrected chi connectivity index (χ0v) is 11.1. The third kappa shape index (κ3) is 3.13. The Morgan fingerprint density at radius 2 is 2.12 bits per heavy atom. The van der Waals surface area contributed by atoms with Crippen molar-refractivity contribution >= 4 is 33.2 Å². The second-order valence-corrected chi connectivity index (χ2v) is 4.06. The lowest BCUT2D eigenvalue weighted by Crippen LogP contribution is -1.94. The molecule has 0 spiro atoms. The van der Waals surface area contributed by atoms with Crippen LogP contribution in [0.3, 0.4) is 0 Å². The minimum Gasteiger partial charge on any atom is -0.495 e. The maximum absolute atomic E-state index is 8.59. The maximum Gasteiger partial charge on any atom is 0.145 e. The Labute approximate surface area is 112 Å². The molecule has 4 nitrogen and oxygen atoms in total. The van der Waals surface area contributed by atoms with Gasteiger partial charge in [-0.2, -0.15) is 10.5 Å². The van der Waals surface area contributed by atoms with Crippen molar-refractivity contribution in [3.8, 4) is 17.9 Å². The molecule has 0 aliphatic carbocycles. The van der Waals surface area contributed by atoms with E-state index in [2.05, 4.69) is 21.2 Å². The van der Waals surface area contributed by atoms with Crippen molar-refractivity contribution in [3.63, 3.8) is 0 Å². The van der Waals surface area contributed by atoms with Crippen LogP contribution in [0.4, 0.5) is 5.69 Å². The molecule has 0 unspecified atom stereocenters. The van der Waals surface area contributed by atoms with Gasteiger partial charge in [-0.3, -0.25) is 0 Å². The molecule has 0 atom stereocenters. The highest BCUT2D eigenvalue weighted by Gasteiger charge is 2.09. The Kier molecular flexibility index (Phi) is 4.84. The lowest BCUT2D eigenvalue weighted by Gasteiger charge is -2.10. The SMILES string of the molecule is COc1ccc(Cl)c(NC=C(C#N)C#N)c1Br. The number of methoxy groups -OCH3 is 1. The van der Waals surface area contributed by atoms with Crippen LogP contribution in [0.1, 0.15) is 0 Å². The number of hydrogen-bond acceptors (Lipinski definition) is 4. The standard InChI is InChI=1S/C11H7BrClN3O/c1-17-9-3-2-8(13)11(10(9)12)16-6-7(4-14)5-15/h2-3,6,16H,1H3. The fourth-order valence-corrected chi connectivity index (χ4v) is 2.01. The van der Waals surface area contributed by atoms with Crippen LogP contribution in [0.5, 0.6) is 5.75 Å². The number of nitrogens with zero attached hydrogens (tertiary/aromatic N) is 2. The summed E-state index contributed by atoms with van der Waals surface area (Å²) in [6.45, 7) is 0. The summed E-state index contributed by atoms with van der Waals surface area (Å²) in [7, 11) is 1.53. The minimum absolute atomic E-state index is 0.0456. The Hall–Kier alpha value is -1.69. The van der Waals surface area contributed by atoms with Crippen LogP contribution in [-0.4, -0.2) is 7.11 Å². The summed E-state index contributed by atoms with van der Waals surface area (Å²) in [6.07, 6.45) is 1.28. The quantitative estimate of drug-likeness (QED) is 0.868. The first-order valence-corrected chi connectivity index (χ1v) is 5.60. The van der Waals surface area contributed by atoms with E-state index in [1.807, 2.05) is 0 Å². The average molecular weight is 313 g/mol. The van der Waals surface area contributed by atoms with E-state index in [9.17, 15) is 0 Å². The lowest BCUT2D eigenvalue weighted by molar-refractivity contribution is 0.412. The monoisotopic (exact) mass is 311 g/mol. The Morgan fingerprint density at radius 1 is 1.47 bits per heavy atom. The van der Waals surface area contributed by atoms with Crippen LogP contribution >= 0.6 is 27.5 Å². The molecular formula is C11H7BrClN3O. The van der Waals surface area contributed by atoms with E-state index in [4.69, 9.17) is 26.9 Å². The molecule has 6 heteroatoms. The van der Waals surface area contributed by atoms with E-state index < -0.39 is 0 Å². The maximum atomic E-state index is 8.59. The molecule has 0 saturated carbocycles. The van der Waals surface area contributed by atoms with E-state index in [1.54, 1.807) is 24.3 Å². The van der Waals surface area contributed by atoms with Crippen molar-refractivity contribution in [3.05, 3.63) is 33.4 Å². The van der Waals surface area contributed by atoms with Crippen molar-refractivity contribution in [2.45, 2.75) is 0 Å². The van der Waals surface area contributed by atoms with Gasteiger partial charge in [-0.05, 0) is 28.1 Å². The normalized spacial score (nSPS) is 8.76. The summed E-state index contributed by atoms with van der Waals surface area (Å²) in [6, 6.07) is 6.83. The van der Waals surface area contributed by atoms with Gasteiger partial charge in [-0.1, -0.05) is 11.6 Å². The largest absolute Gasteiger partial charge is 0.495 e. The molecule has 1 rings (SSSR count). The van der Waals surface area contributed by atoms with Crippen LogP contribution < -0.4 is 10.1 Å². The summed E-state index contributed by atoms with van der Waals surface area (Å²) in [5, 5.41) is 20.4. The number of anilines is 1. The lowest BCUT2D eigenvalue weighted by atomic mass is 10.3. The molecular weight excluding hydrogens is 305 g/mol. The van der Waals surface area contributed by atoms with E-state index in [-0.39, 0.29) is 5.57 Å². The third-order valence-electron chi connectivity index (χ3n) is 1.88. The summed E-state index contributed by atoms with van der Waals surface area (Å²) in [4.78, 5) is 0. The van der Waals surface area contributed by atoms with E-state index in [1.165, 1.54) is 13.3 Å². The van der Waals surface area contributed by atoms with Gasteiger partial charge in [0.05, 0.1) is 22.3 Å². The molecule has 86 valence electrons. The number of ether oxygens (including phenoxy) is 1. The van der Waals surface area contributed by atoms with Gasteiger partial charge in [0, 0.05) is 6.20 Å². The van der Waals surface area contributed by atoms with Gasteiger partial charge < -0.3 is 10.1 Å². The summed E-state index contributed by atoms with van der Waals surface area (Å²) in [5.41, 5.74) is 0.491. The molecule has 0 heterocycles. The first-order chi connectivity index (χ1) is 8.13. The number of nitrogens with one attached hydrogen (secondary N) is 1. The molecule has 0 bridgehead atoms. The molecule has 0 aliphatic rings. The van der Waals surface area contributed by atoms with E-state index in [0.717, 1.165) is 0 Å². The van der Waals surface area contributed by atoms with Gasteiger partial charge in [0.1, 0.15) is 23.5 Å². The zero-order valence-electron chi connectivity index (χ0n) is 8.79. The number of nitriles is 2. The van der Waals surface area contributed by atoms with Gasteiger partial charge in [0.15, 0.2) is 0 Å². The van der Waals surface area contributed by atoms with Gasteiger partial charge >= 0.3 is 0 Å². The molecule has 1 aromatic rings.